The van der Waals surface area contributed by atoms with Crippen LogP contribution in [0.3, 0.4) is 0 Å². The second-order valence-electron chi connectivity index (χ2n) is 7.91. The number of hydrogen-bond acceptors (Lipinski definition) is 5. The highest BCUT2D eigenvalue weighted by Crippen LogP contribution is 2.20. The third-order valence-corrected chi connectivity index (χ3v) is 5.21. The van der Waals surface area contributed by atoms with Crippen molar-refractivity contribution in [3.05, 3.63) is 42.5 Å². The van der Waals surface area contributed by atoms with Gasteiger partial charge in [-0.05, 0) is 52.2 Å². The number of aryl methyl sites for hydroxylation is 1. The van der Waals surface area contributed by atoms with Crippen LogP contribution < -0.4 is 4.72 Å². The number of rotatable bonds is 6. The van der Waals surface area contributed by atoms with Crippen LogP contribution in [0.5, 0.6) is 0 Å². The summed E-state index contributed by atoms with van der Waals surface area (Å²) in [5, 5.41) is 0. The van der Waals surface area contributed by atoms with Crippen molar-refractivity contribution >= 4 is 22.1 Å². The Labute approximate surface area is 167 Å². The lowest BCUT2D eigenvalue weighted by Crippen LogP contribution is -2.53. The molecule has 0 radical (unpaired) electrons. The lowest BCUT2D eigenvalue weighted by Gasteiger charge is -2.33. The van der Waals surface area contributed by atoms with E-state index < -0.39 is 33.8 Å². The van der Waals surface area contributed by atoms with Crippen molar-refractivity contribution in [3.63, 3.8) is 0 Å². The zero-order valence-corrected chi connectivity index (χ0v) is 18.2. The molecule has 0 fully saturated rings. The summed E-state index contributed by atoms with van der Waals surface area (Å²) >= 11 is 0. The quantitative estimate of drug-likeness (QED) is 0.709. The largest absolute Gasteiger partial charge is 0.443 e. The number of amides is 3. The Balaban J connectivity index is 3.24. The summed E-state index contributed by atoms with van der Waals surface area (Å²) in [5.74, 6) is -0.140. The average molecular weight is 411 g/mol. The van der Waals surface area contributed by atoms with Crippen LogP contribution in [0.25, 0.3) is 0 Å². The Hall–Kier alpha value is -2.35. The Morgan fingerprint density at radius 3 is 2.18 bits per heavy atom. The van der Waals surface area contributed by atoms with Crippen molar-refractivity contribution in [2.75, 3.05) is 0 Å². The summed E-state index contributed by atoms with van der Waals surface area (Å²) in [4.78, 5) is 26.3. The number of imide groups is 1. The maximum absolute atomic E-state index is 12.8. The minimum absolute atomic E-state index is 0.0691. The first-order chi connectivity index (χ1) is 12.8. The van der Waals surface area contributed by atoms with Crippen LogP contribution in [0.15, 0.2) is 41.8 Å². The molecule has 8 heteroatoms. The van der Waals surface area contributed by atoms with Crippen molar-refractivity contribution < 1.29 is 22.7 Å². The van der Waals surface area contributed by atoms with E-state index in [1.54, 1.807) is 39.0 Å². The molecule has 0 spiro atoms. The molecule has 3 amide bonds. The summed E-state index contributed by atoms with van der Waals surface area (Å²) in [6.07, 6.45) is 0.961. The van der Waals surface area contributed by atoms with Gasteiger partial charge in [0.2, 0.25) is 0 Å². The van der Waals surface area contributed by atoms with Crippen molar-refractivity contribution in [1.82, 2.24) is 9.62 Å². The Kier molecular flexibility index (Phi) is 7.81. The molecule has 1 atom stereocenters. The molecule has 0 aliphatic rings. The number of carbonyl (C=O) groups is 2. The van der Waals surface area contributed by atoms with Gasteiger partial charge in [0.25, 0.3) is 10.0 Å². The number of carbonyl (C=O) groups excluding carboxylic acids is 2. The molecule has 0 aliphatic heterocycles. The Morgan fingerprint density at radius 1 is 1.21 bits per heavy atom. The van der Waals surface area contributed by atoms with E-state index in [9.17, 15) is 18.0 Å². The number of nitrogens with one attached hydrogen (secondary N) is 1. The van der Waals surface area contributed by atoms with Crippen LogP contribution in [-0.2, 0) is 14.8 Å². The second kappa shape index (κ2) is 9.23. The number of hydrogen-bond donors (Lipinski definition) is 1. The van der Waals surface area contributed by atoms with Gasteiger partial charge in [-0.15, -0.1) is 6.58 Å². The molecule has 1 unspecified atom stereocenters. The maximum Gasteiger partial charge on any atom is 0.418 e. The predicted molar refractivity (Wildman–Crippen MR) is 108 cm³/mol. The van der Waals surface area contributed by atoms with E-state index in [1.165, 1.54) is 12.1 Å². The number of sulfonamides is 1. The molecule has 1 N–H and O–H groups in total. The van der Waals surface area contributed by atoms with Crippen LogP contribution in [0.2, 0.25) is 0 Å². The van der Waals surface area contributed by atoms with E-state index in [1.807, 2.05) is 25.5 Å². The average Bonchev–Trinajstić information content (AvgIpc) is 2.52. The lowest BCUT2D eigenvalue weighted by atomic mass is 9.99. The SMILES string of the molecule is C=CCC(C(C)C)N(C(=O)NS(=O)(=O)c1ccc(C)cc1)C(=O)OC(C)(C)C. The summed E-state index contributed by atoms with van der Waals surface area (Å²) < 4.78 is 32.5. The smallest absolute Gasteiger partial charge is 0.418 e. The molecule has 1 aromatic rings. The van der Waals surface area contributed by atoms with Crippen LogP contribution in [0, 0.1) is 12.8 Å². The molecule has 1 rings (SSSR count). The number of ether oxygens (including phenoxy) is 1. The molecule has 156 valence electrons. The van der Waals surface area contributed by atoms with E-state index >= 15 is 0 Å². The first-order valence-corrected chi connectivity index (χ1v) is 10.5. The third kappa shape index (κ3) is 6.67. The van der Waals surface area contributed by atoms with E-state index in [-0.39, 0.29) is 10.8 Å². The van der Waals surface area contributed by atoms with Gasteiger partial charge in [-0.25, -0.2) is 27.6 Å². The number of nitrogens with zero attached hydrogens (tertiary/aromatic N) is 1. The van der Waals surface area contributed by atoms with Crippen LogP contribution in [0.4, 0.5) is 9.59 Å². The van der Waals surface area contributed by atoms with Crippen molar-refractivity contribution in [2.24, 2.45) is 5.92 Å². The highest BCUT2D eigenvalue weighted by molar-refractivity contribution is 7.90. The standard InChI is InChI=1S/C20H30N2O5S/c1-8-9-17(14(2)3)22(19(24)27-20(5,6)7)18(23)21-28(25,26)16-12-10-15(4)11-13-16/h8,10-14,17H,1,9H2,2-7H3,(H,21,23). The fourth-order valence-electron chi connectivity index (χ4n) is 2.47. The molecule has 0 aliphatic carbocycles. The molecule has 28 heavy (non-hydrogen) atoms. The first-order valence-electron chi connectivity index (χ1n) is 9.05. The maximum atomic E-state index is 12.8. The summed E-state index contributed by atoms with van der Waals surface area (Å²) in [5.41, 5.74) is 0.0350. The molecule has 0 saturated carbocycles. The topological polar surface area (TPSA) is 92.8 Å². The summed E-state index contributed by atoms with van der Waals surface area (Å²) in [7, 11) is -4.15. The predicted octanol–water partition coefficient (Wildman–Crippen LogP) is 4.23. The van der Waals surface area contributed by atoms with Crippen molar-refractivity contribution in [2.45, 2.75) is 64.5 Å². The highest BCUT2D eigenvalue weighted by atomic mass is 32.2. The minimum atomic E-state index is -4.15. The van der Waals surface area contributed by atoms with Gasteiger partial charge >= 0.3 is 12.1 Å². The second-order valence-corrected chi connectivity index (χ2v) is 9.59. The zero-order chi connectivity index (χ0) is 21.7. The van der Waals surface area contributed by atoms with E-state index in [0.717, 1.165) is 10.5 Å². The fourth-order valence-corrected chi connectivity index (χ4v) is 3.41. The highest BCUT2D eigenvalue weighted by Gasteiger charge is 2.36. The summed E-state index contributed by atoms with van der Waals surface area (Å²) in [6.45, 7) is 14.1. The third-order valence-electron chi connectivity index (χ3n) is 3.87. The van der Waals surface area contributed by atoms with E-state index in [4.69, 9.17) is 4.74 Å². The van der Waals surface area contributed by atoms with Gasteiger partial charge in [-0.2, -0.15) is 0 Å². The van der Waals surface area contributed by atoms with Crippen molar-refractivity contribution in [1.29, 1.82) is 0 Å². The molecule has 7 nitrogen and oxygen atoms in total. The van der Waals surface area contributed by atoms with Crippen molar-refractivity contribution in [3.8, 4) is 0 Å². The van der Waals surface area contributed by atoms with Gasteiger partial charge in [0, 0.05) is 0 Å². The molecule has 0 saturated heterocycles. The fraction of sp³-hybridized carbons (Fsp3) is 0.500. The number of benzene rings is 1. The van der Waals surface area contributed by atoms with Crippen LogP contribution in [-0.4, -0.2) is 37.1 Å². The Bertz CT molecular complexity index is 808. The van der Waals surface area contributed by atoms with Crippen LogP contribution in [0.1, 0.15) is 46.6 Å². The van der Waals surface area contributed by atoms with E-state index in [2.05, 4.69) is 6.58 Å². The van der Waals surface area contributed by atoms with Crippen LogP contribution >= 0.6 is 0 Å². The molecule has 0 aromatic heterocycles. The van der Waals surface area contributed by atoms with Gasteiger partial charge in [0.1, 0.15) is 5.60 Å². The molecule has 1 aromatic carbocycles. The molecule has 0 bridgehead atoms. The Morgan fingerprint density at radius 2 is 1.75 bits per heavy atom. The molecular formula is C20H30N2O5S. The van der Waals surface area contributed by atoms with Gasteiger partial charge in [0.15, 0.2) is 0 Å². The number of urea groups is 1. The van der Waals surface area contributed by atoms with Gasteiger partial charge in [-0.1, -0.05) is 37.6 Å². The molecular weight excluding hydrogens is 380 g/mol. The van der Waals surface area contributed by atoms with Gasteiger partial charge in [0.05, 0.1) is 10.9 Å². The van der Waals surface area contributed by atoms with Gasteiger partial charge < -0.3 is 4.74 Å². The zero-order valence-electron chi connectivity index (χ0n) is 17.4. The van der Waals surface area contributed by atoms with Gasteiger partial charge in [-0.3, -0.25) is 0 Å². The minimum Gasteiger partial charge on any atom is -0.443 e. The normalized spacial score (nSPS) is 13.0. The first kappa shape index (κ1) is 23.7. The lowest BCUT2D eigenvalue weighted by molar-refractivity contribution is 0.0222. The van der Waals surface area contributed by atoms with E-state index in [0.29, 0.717) is 6.42 Å². The monoisotopic (exact) mass is 410 g/mol. The molecule has 0 heterocycles. The summed E-state index contributed by atoms with van der Waals surface area (Å²) in [6, 6.07) is 4.37.